The highest BCUT2D eigenvalue weighted by Crippen LogP contribution is 2.17. The van der Waals surface area contributed by atoms with E-state index >= 15 is 0 Å². The van der Waals surface area contributed by atoms with E-state index < -0.39 is 0 Å². The molecule has 0 radical (unpaired) electrons. The Hall–Kier alpha value is -1.09. The van der Waals surface area contributed by atoms with Crippen LogP contribution in [0.5, 0.6) is 0 Å². The van der Waals surface area contributed by atoms with E-state index in [0.717, 1.165) is 12.1 Å². The highest BCUT2D eigenvalue weighted by atomic mass is 19.1. The Kier molecular flexibility index (Phi) is 3.89. The van der Waals surface area contributed by atoms with E-state index in [-0.39, 0.29) is 12.4 Å². The van der Waals surface area contributed by atoms with E-state index in [1.54, 1.807) is 6.07 Å². The molecule has 0 unspecified atom stereocenters. The zero-order chi connectivity index (χ0) is 10.6. The van der Waals surface area contributed by atoms with E-state index in [2.05, 4.69) is 19.2 Å². The quantitative estimate of drug-likeness (QED) is 0.776. The third-order valence-corrected chi connectivity index (χ3v) is 1.94. The van der Waals surface area contributed by atoms with Crippen molar-refractivity contribution < 1.29 is 9.50 Å². The molecule has 1 aromatic carbocycles. The van der Waals surface area contributed by atoms with Gasteiger partial charge in [-0.1, -0.05) is 19.9 Å². The van der Waals surface area contributed by atoms with Crippen molar-refractivity contribution in [2.24, 2.45) is 5.92 Å². The van der Waals surface area contributed by atoms with E-state index in [1.807, 2.05) is 0 Å². The summed E-state index contributed by atoms with van der Waals surface area (Å²) in [6.07, 6.45) is 0. The smallest absolute Gasteiger partial charge is 0.125 e. The van der Waals surface area contributed by atoms with E-state index in [9.17, 15) is 4.39 Å². The largest absolute Gasteiger partial charge is 0.392 e. The number of aliphatic hydroxyl groups is 1. The van der Waals surface area contributed by atoms with Crippen LogP contribution in [0.1, 0.15) is 19.4 Å². The molecule has 0 aromatic heterocycles. The Labute approximate surface area is 83.8 Å². The number of halogens is 1. The fourth-order valence-electron chi connectivity index (χ4n) is 1.17. The van der Waals surface area contributed by atoms with Crippen molar-refractivity contribution in [2.45, 2.75) is 20.5 Å². The molecule has 0 amide bonds. The van der Waals surface area contributed by atoms with Crippen LogP contribution in [0.15, 0.2) is 18.2 Å². The SMILES string of the molecule is CC(C)CNc1cc(F)ccc1CO. The van der Waals surface area contributed by atoms with E-state index in [4.69, 9.17) is 5.11 Å². The molecule has 0 fully saturated rings. The van der Waals surface area contributed by atoms with E-state index in [0.29, 0.717) is 11.6 Å². The Morgan fingerprint density at radius 3 is 2.71 bits per heavy atom. The molecule has 14 heavy (non-hydrogen) atoms. The van der Waals surface area contributed by atoms with Gasteiger partial charge in [-0.2, -0.15) is 0 Å². The summed E-state index contributed by atoms with van der Waals surface area (Å²) >= 11 is 0. The van der Waals surface area contributed by atoms with Crippen LogP contribution in [-0.2, 0) is 6.61 Å². The van der Waals surface area contributed by atoms with Gasteiger partial charge in [-0.05, 0) is 18.1 Å². The fourth-order valence-corrected chi connectivity index (χ4v) is 1.17. The molecule has 0 aliphatic rings. The predicted octanol–water partition coefficient (Wildman–Crippen LogP) is 2.39. The molecular weight excluding hydrogens is 181 g/mol. The molecule has 78 valence electrons. The lowest BCUT2D eigenvalue weighted by Crippen LogP contribution is -2.09. The summed E-state index contributed by atoms with van der Waals surface area (Å²) in [6.45, 7) is 4.85. The number of anilines is 1. The summed E-state index contributed by atoms with van der Waals surface area (Å²) in [5.41, 5.74) is 1.41. The van der Waals surface area contributed by atoms with Crippen LogP contribution in [0.25, 0.3) is 0 Å². The van der Waals surface area contributed by atoms with Crippen molar-refractivity contribution >= 4 is 5.69 Å². The van der Waals surface area contributed by atoms with Gasteiger partial charge in [0, 0.05) is 17.8 Å². The number of nitrogens with one attached hydrogen (secondary N) is 1. The first-order valence-corrected chi connectivity index (χ1v) is 4.76. The average Bonchev–Trinajstić information content (AvgIpc) is 2.15. The second-order valence-electron chi connectivity index (χ2n) is 3.73. The van der Waals surface area contributed by atoms with Gasteiger partial charge in [0.05, 0.1) is 6.61 Å². The van der Waals surface area contributed by atoms with Gasteiger partial charge in [0.25, 0.3) is 0 Å². The first-order chi connectivity index (χ1) is 6.63. The summed E-state index contributed by atoms with van der Waals surface area (Å²) < 4.78 is 12.9. The van der Waals surface area contributed by atoms with Crippen molar-refractivity contribution in [3.05, 3.63) is 29.6 Å². The number of aliphatic hydroxyl groups excluding tert-OH is 1. The van der Waals surface area contributed by atoms with Crippen molar-refractivity contribution in [3.8, 4) is 0 Å². The van der Waals surface area contributed by atoms with Crippen LogP contribution < -0.4 is 5.32 Å². The van der Waals surface area contributed by atoms with Gasteiger partial charge in [-0.3, -0.25) is 0 Å². The molecule has 0 saturated carbocycles. The highest BCUT2D eigenvalue weighted by Gasteiger charge is 2.03. The maximum Gasteiger partial charge on any atom is 0.125 e. The van der Waals surface area contributed by atoms with Crippen molar-refractivity contribution in [2.75, 3.05) is 11.9 Å². The van der Waals surface area contributed by atoms with Crippen molar-refractivity contribution in [3.63, 3.8) is 0 Å². The molecule has 0 spiro atoms. The molecule has 0 heterocycles. The minimum Gasteiger partial charge on any atom is -0.392 e. The van der Waals surface area contributed by atoms with E-state index in [1.165, 1.54) is 12.1 Å². The van der Waals surface area contributed by atoms with Crippen LogP contribution >= 0.6 is 0 Å². The Morgan fingerprint density at radius 2 is 2.14 bits per heavy atom. The van der Waals surface area contributed by atoms with Gasteiger partial charge in [-0.25, -0.2) is 4.39 Å². The molecule has 0 atom stereocenters. The first kappa shape index (κ1) is 11.0. The minimum atomic E-state index is -0.284. The molecule has 1 rings (SSSR count). The Balaban J connectivity index is 2.77. The predicted molar refractivity (Wildman–Crippen MR) is 55.7 cm³/mol. The number of hydrogen-bond donors (Lipinski definition) is 2. The molecule has 1 aromatic rings. The molecular formula is C11H16FNO. The Morgan fingerprint density at radius 1 is 1.43 bits per heavy atom. The first-order valence-electron chi connectivity index (χ1n) is 4.76. The van der Waals surface area contributed by atoms with Gasteiger partial charge < -0.3 is 10.4 Å². The summed E-state index contributed by atoms with van der Waals surface area (Å²) in [6, 6.07) is 4.36. The van der Waals surface area contributed by atoms with Crippen LogP contribution in [-0.4, -0.2) is 11.7 Å². The number of hydrogen-bond acceptors (Lipinski definition) is 2. The third-order valence-electron chi connectivity index (χ3n) is 1.94. The molecule has 2 N–H and O–H groups in total. The zero-order valence-corrected chi connectivity index (χ0v) is 8.55. The molecule has 0 bridgehead atoms. The fraction of sp³-hybridized carbons (Fsp3) is 0.455. The monoisotopic (exact) mass is 197 g/mol. The molecule has 0 aliphatic carbocycles. The van der Waals surface area contributed by atoms with Gasteiger partial charge in [-0.15, -0.1) is 0 Å². The second kappa shape index (κ2) is 4.96. The maximum atomic E-state index is 12.9. The van der Waals surface area contributed by atoms with Crippen molar-refractivity contribution in [1.29, 1.82) is 0 Å². The number of benzene rings is 1. The van der Waals surface area contributed by atoms with Crippen LogP contribution in [0.4, 0.5) is 10.1 Å². The van der Waals surface area contributed by atoms with Gasteiger partial charge in [0.15, 0.2) is 0 Å². The summed E-state index contributed by atoms with van der Waals surface area (Å²) in [7, 11) is 0. The standard InChI is InChI=1S/C11H16FNO/c1-8(2)6-13-11-5-10(12)4-3-9(11)7-14/h3-5,8,13-14H,6-7H2,1-2H3. The summed E-state index contributed by atoms with van der Waals surface area (Å²) in [5.74, 6) is 0.207. The normalized spacial score (nSPS) is 10.6. The molecule has 0 aliphatic heterocycles. The van der Waals surface area contributed by atoms with Gasteiger partial charge in [0.2, 0.25) is 0 Å². The lowest BCUT2D eigenvalue weighted by atomic mass is 10.1. The molecule has 2 nitrogen and oxygen atoms in total. The third kappa shape index (κ3) is 3.00. The highest BCUT2D eigenvalue weighted by molar-refractivity contribution is 5.51. The summed E-state index contributed by atoms with van der Waals surface area (Å²) in [4.78, 5) is 0. The second-order valence-corrected chi connectivity index (χ2v) is 3.73. The van der Waals surface area contributed by atoms with Gasteiger partial charge in [0.1, 0.15) is 5.82 Å². The maximum absolute atomic E-state index is 12.9. The van der Waals surface area contributed by atoms with Crippen LogP contribution in [0.3, 0.4) is 0 Å². The lowest BCUT2D eigenvalue weighted by Gasteiger charge is -2.12. The lowest BCUT2D eigenvalue weighted by molar-refractivity contribution is 0.282. The van der Waals surface area contributed by atoms with Gasteiger partial charge >= 0.3 is 0 Å². The number of rotatable bonds is 4. The molecule has 3 heteroatoms. The Bertz CT molecular complexity index is 299. The average molecular weight is 197 g/mol. The summed E-state index contributed by atoms with van der Waals surface area (Å²) in [5, 5.41) is 12.1. The topological polar surface area (TPSA) is 32.3 Å². The zero-order valence-electron chi connectivity index (χ0n) is 8.55. The van der Waals surface area contributed by atoms with Crippen LogP contribution in [0, 0.1) is 11.7 Å². The molecule has 0 saturated heterocycles. The van der Waals surface area contributed by atoms with Crippen LogP contribution in [0.2, 0.25) is 0 Å². The minimum absolute atomic E-state index is 0.0687. The van der Waals surface area contributed by atoms with Crippen molar-refractivity contribution in [1.82, 2.24) is 0 Å².